The monoisotopic (exact) mass is 518 g/mol. The molecule has 12 heteroatoms. The van der Waals surface area contributed by atoms with Crippen LogP contribution in [0.3, 0.4) is 0 Å². The van der Waals surface area contributed by atoms with Crippen molar-refractivity contribution in [3.05, 3.63) is 64.7 Å². The second-order valence-electron chi connectivity index (χ2n) is 8.88. The summed E-state index contributed by atoms with van der Waals surface area (Å²) >= 11 is 0. The van der Waals surface area contributed by atoms with Crippen LogP contribution in [0, 0.1) is 11.6 Å². The molecule has 0 aliphatic carbocycles. The molecule has 0 bridgehead atoms. The van der Waals surface area contributed by atoms with E-state index in [4.69, 9.17) is 4.74 Å². The van der Waals surface area contributed by atoms with Gasteiger partial charge in [0.05, 0.1) is 17.9 Å². The van der Waals surface area contributed by atoms with Gasteiger partial charge in [-0.1, -0.05) is 6.07 Å². The Labute approximate surface area is 199 Å². The van der Waals surface area contributed by atoms with Crippen molar-refractivity contribution in [2.24, 2.45) is 0 Å². The number of rotatable bonds is 5. The van der Waals surface area contributed by atoms with E-state index in [0.29, 0.717) is 11.1 Å². The molecule has 0 saturated carbocycles. The van der Waals surface area contributed by atoms with Crippen molar-refractivity contribution >= 4 is 27.2 Å². The lowest BCUT2D eigenvalue weighted by molar-refractivity contribution is -0.137. The van der Waals surface area contributed by atoms with Crippen LogP contribution in [-0.2, 0) is 21.0 Å². The summed E-state index contributed by atoms with van der Waals surface area (Å²) in [4.78, 5) is 12.7. The largest absolute Gasteiger partial charge is 0.487 e. The highest BCUT2D eigenvalue weighted by atomic mass is 32.2. The number of halogens is 5. The predicted octanol–water partition coefficient (Wildman–Crippen LogP) is 5.18. The van der Waals surface area contributed by atoms with Gasteiger partial charge in [0.15, 0.2) is 11.6 Å². The van der Waals surface area contributed by atoms with Crippen molar-refractivity contribution in [1.29, 1.82) is 0 Å². The summed E-state index contributed by atoms with van der Waals surface area (Å²) in [6, 6.07) is 3.90. The van der Waals surface area contributed by atoms with Crippen molar-refractivity contribution in [2.75, 3.05) is 11.0 Å². The molecule has 1 atom stereocenters. The second-order valence-corrected chi connectivity index (χ2v) is 10.6. The maximum Gasteiger partial charge on any atom is 0.416 e. The number of hydrogen-bond acceptors (Lipinski definition) is 4. The molecule has 0 spiro atoms. The minimum atomic E-state index is -4.56. The summed E-state index contributed by atoms with van der Waals surface area (Å²) < 4.78 is 97.9. The van der Waals surface area contributed by atoms with Gasteiger partial charge in [-0.3, -0.25) is 9.52 Å². The number of sulfonamides is 1. The molecule has 2 aromatic rings. The van der Waals surface area contributed by atoms with Gasteiger partial charge in [-0.05, 0) is 56.2 Å². The van der Waals surface area contributed by atoms with Crippen LogP contribution in [0.25, 0.3) is 5.57 Å². The smallest absolute Gasteiger partial charge is 0.416 e. The van der Waals surface area contributed by atoms with Crippen LogP contribution in [0.4, 0.5) is 27.6 Å². The van der Waals surface area contributed by atoms with Crippen molar-refractivity contribution in [1.82, 2.24) is 5.32 Å². The van der Waals surface area contributed by atoms with E-state index in [1.807, 2.05) is 0 Å². The van der Waals surface area contributed by atoms with Gasteiger partial charge >= 0.3 is 6.18 Å². The van der Waals surface area contributed by atoms with E-state index in [1.165, 1.54) is 19.1 Å². The van der Waals surface area contributed by atoms with E-state index in [0.717, 1.165) is 30.5 Å². The number of amides is 1. The van der Waals surface area contributed by atoms with Gasteiger partial charge in [-0.15, -0.1) is 0 Å². The van der Waals surface area contributed by atoms with Crippen LogP contribution in [-0.4, -0.2) is 26.2 Å². The Hall–Kier alpha value is -3.15. The van der Waals surface area contributed by atoms with Crippen LogP contribution < -0.4 is 14.8 Å². The molecule has 6 nitrogen and oxygen atoms in total. The van der Waals surface area contributed by atoms with Crippen LogP contribution in [0.15, 0.2) is 36.4 Å². The first-order chi connectivity index (χ1) is 15.9. The number of benzene rings is 2. The van der Waals surface area contributed by atoms with Crippen molar-refractivity contribution in [3.63, 3.8) is 0 Å². The summed E-state index contributed by atoms with van der Waals surface area (Å²) in [5, 5.41) is 2.55. The van der Waals surface area contributed by atoms with Gasteiger partial charge in [0.1, 0.15) is 17.0 Å². The summed E-state index contributed by atoms with van der Waals surface area (Å²) in [6.45, 7) is 4.80. The summed E-state index contributed by atoms with van der Waals surface area (Å²) in [7, 11) is -3.92. The summed E-state index contributed by atoms with van der Waals surface area (Å²) in [5.41, 5.74) is -1.81. The summed E-state index contributed by atoms with van der Waals surface area (Å²) in [6.07, 6.45) is -2.38. The fourth-order valence-corrected chi connectivity index (χ4v) is 4.25. The number of ether oxygens (including phenoxy) is 1. The second kappa shape index (κ2) is 9.14. The molecule has 2 N–H and O–H groups in total. The number of carbonyl (C=O) groups excluding carboxylic acids is 1. The Morgan fingerprint density at radius 3 is 2.29 bits per heavy atom. The van der Waals surface area contributed by atoms with E-state index in [9.17, 15) is 35.2 Å². The molecule has 1 amide bonds. The van der Waals surface area contributed by atoms with Crippen molar-refractivity contribution < 1.29 is 39.9 Å². The van der Waals surface area contributed by atoms with Gasteiger partial charge < -0.3 is 10.1 Å². The fourth-order valence-electron chi connectivity index (χ4n) is 3.69. The number of fused-ring (bicyclic) bond motifs is 1. The molecule has 1 heterocycles. The zero-order valence-corrected chi connectivity index (χ0v) is 20.0. The zero-order chi connectivity index (χ0) is 26.3. The molecule has 2 aromatic carbocycles. The van der Waals surface area contributed by atoms with Crippen molar-refractivity contribution in [3.8, 4) is 5.75 Å². The predicted molar refractivity (Wildman–Crippen MR) is 120 cm³/mol. The van der Waals surface area contributed by atoms with Crippen LogP contribution in [0.5, 0.6) is 5.75 Å². The van der Waals surface area contributed by atoms with E-state index in [-0.39, 0.29) is 17.7 Å². The molecule has 0 unspecified atom stereocenters. The van der Waals surface area contributed by atoms with E-state index in [1.54, 1.807) is 18.6 Å². The Morgan fingerprint density at radius 1 is 1.14 bits per heavy atom. The molecule has 35 heavy (non-hydrogen) atoms. The maximum absolute atomic E-state index is 14.3. The van der Waals surface area contributed by atoms with Gasteiger partial charge in [-0.25, -0.2) is 17.2 Å². The Balaban J connectivity index is 1.86. The minimum Gasteiger partial charge on any atom is -0.487 e. The lowest BCUT2D eigenvalue weighted by atomic mass is 9.88. The first-order valence-electron chi connectivity index (χ1n) is 10.3. The molecule has 1 aliphatic heterocycles. The Kier molecular flexibility index (Phi) is 6.91. The van der Waals surface area contributed by atoms with Crippen LogP contribution in [0.2, 0.25) is 0 Å². The highest BCUT2D eigenvalue weighted by Crippen LogP contribution is 2.43. The summed E-state index contributed by atoms with van der Waals surface area (Å²) in [5.74, 6) is -2.98. The van der Waals surface area contributed by atoms with Crippen LogP contribution >= 0.6 is 0 Å². The SMILES string of the molecule is C[C@@H](NC(=O)/C=C1\CC(C)(C)Oc2cc(C(F)(F)F)ccc21)c1cc(F)c(NS(C)(=O)=O)c(F)c1. The third kappa shape index (κ3) is 6.50. The van der Waals surface area contributed by atoms with Crippen LogP contribution in [0.1, 0.15) is 49.9 Å². The fraction of sp³-hybridized carbons (Fsp3) is 0.348. The average molecular weight is 519 g/mol. The lowest BCUT2D eigenvalue weighted by Gasteiger charge is -2.34. The molecule has 0 aromatic heterocycles. The molecule has 0 saturated heterocycles. The average Bonchev–Trinajstić information content (AvgIpc) is 2.67. The molecule has 3 rings (SSSR count). The molecule has 0 radical (unpaired) electrons. The van der Waals surface area contributed by atoms with Gasteiger partial charge in [0.25, 0.3) is 0 Å². The van der Waals surface area contributed by atoms with Gasteiger partial charge in [0, 0.05) is 18.1 Å². The molecular formula is C23H23F5N2O4S. The minimum absolute atomic E-state index is 0.0127. The maximum atomic E-state index is 14.3. The lowest BCUT2D eigenvalue weighted by Crippen LogP contribution is -2.33. The topological polar surface area (TPSA) is 84.5 Å². The van der Waals surface area contributed by atoms with E-state index >= 15 is 0 Å². The van der Waals surface area contributed by atoms with Crippen molar-refractivity contribution in [2.45, 2.75) is 45.0 Å². The van der Waals surface area contributed by atoms with Gasteiger partial charge in [0.2, 0.25) is 15.9 Å². The Morgan fingerprint density at radius 2 is 1.74 bits per heavy atom. The number of anilines is 1. The Bertz CT molecular complexity index is 1280. The normalized spacial score (nSPS) is 17.3. The molecule has 0 fully saturated rings. The third-order valence-electron chi connectivity index (χ3n) is 5.17. The first kappa shape index (κ1) is 26.5. The first-order valence-corrected chi connectivity index (χ1v) is 12.2. The van der Waals surface area contributed by atoms with E-state index in [2.05, 4.69) is 5.32 Å². The van der Waals surface area contributed by atoms with E-state index < -0.39 is 56.6 Å². The standard InChI is InChI=1S/C23H23F5N2O4S/c1-12(13-7-17(24)21(18(25)8-13)30-35(4,32)33)29-20(31)9-14-11-22(2,3)34-19-10-15(23(26,27)28)5-6-16(14)19/h5-10,12,30H,11H2,1-4H3,(H,29,31)/b14-9+/t12-/m1/s1. The number of hydrogen-bond donors (Lipinski definition) is 2. The molecule has 190 valence electrons. The highest BCUT2D eigenvalue weighted by molar-refractivity contribution is 7.92. The van der Waals surface area contributed by atoms with Gasteiger partial charge in [-0.2, -0.15) is 13.2 Å². The zero-order valence-electron chi connectivity index (χ0n) is 19.2. The number of alkyl halides is 3. The number of nitrogens with one attached hydrogen (secondary N) is 2. The third-order valence-corrected chi connectivity index (χ3v) is 5.75. The number of carbonyl (C=O) groups is 1. The highest BCUT2D eigenvalue weighted by Gasteiger charge is 2.35. The quantitative estimate of drug-likeness (QED) is 0.422. The molecular weight excluding hydrogens is 495 g/mol. The molecule has 1 aliphatic rings.